The molecule has 1 aromatic rings. The maximum absolute atomic E-state index is 9.91. The molecular formula is C3HBrNO3S2-. The van der Waals surface area contributed by atoms with Crippen LogP contribution >= 0.6 is 27.3 Å². The van der Waals surface area contributed by atoms with Crippen LogP contribution in [0, 0.1) is 0 Å². The molecule has 4 nitrogen and oxygen atoms in total. The van der Waals surface area contributed by atoms with Gasteiger partial charge in [0.1, 0.15) is 16.0 Å². The molecule has 7 heteroatoms. The van der Waals surface area contributed by atoms with Gasteiger partial charge < -0.3 is 8.74 Å². The lowest BCUT2D eigenvalue weighted by Crippen LogP contribution is -1.96. The van der Waals surface area contributed by atoms with Gasteiger partial charge in [-0.05, 0) is 15.9 Å². The molecule has 10 heavy (non-hydrogen) atoms. The molecule has 1 heterocycles. The van der Waals surface area contributed by atoms with Crippen molar-refractivity contribution in [1.29, 1.82) is 0 Å². The molecule has 0 amide bonds. The minimum Gasteiger partial charge on any atom is -0.740 e. The van der Waals surface area contributed by atoms with Crippen molar-refractivity contribution in [2.75, 3.05) is 0 Å². The van der Waals surface area contributed by atoms with Crippen LogP contribution in [0.4, 0.5) is 0 Å². The second-order valence-corrected chi connectivity index (χ2v) is 3.43. The van der Waals surface area contributed by atoms with E-state index in [9.17, 15) is 8.76 Å². The summed E-state index contributed by atoms with van der Waals surface area (Å²) < 4.78 is 24.6. The van der Waals surface area contributed by atoms with Crippen LogP contribution in [0.15, 0.2) is 9.98 Å². The van der Waals surface area contributed by atoms with Crippen LogP contribution in [0.3, 0.4) is 0 Å². The van der Waals surface area contributed by atoms with Crippen LogP contribution < -0.4 is 4.18 Å². The summed E-state index contributed by atoms with van der Waals surface area (Å²) in [6.07, 6.45) is 0. The third-order valence-electron chi connectivity index (χ3n) is 0.594. The Hall–Kier alpha value is 0.0200. The van der Waals surface area contributed by atoms with E-state index >= 15 is 0 Å². The molecule has 1 rings (SSSR count). The second kappa shape index (κ2) is 3.42. The van der Waals surface area contributed by atoms with E-state index in [1.54, 1.807) is 5.38 Å². The lowest BCUT2D eigenvalue weighted by atomic mass is 11.0. The Balaban J connectivity index is 2.67. The van der Waals surface area contributed by atoms with Crippen molar-refractivity contribution in [2.45, 2.75) is 0 Å². The summed E-state index contributed by atoms with van der Waals surface area (Å²) in [6, 6.07) is 0. The van der Waals surface area contributed by atoms with Gasteiger partial charge in [0.05, 0.1) is 0 Å². The van der Waals surface area contributed by atoms with E-state index in [0.29, 0.717) is 4.60 Å². The van der Waals surface area contributed by atoms with E-state index in [-0.39, 0.29) is 5.19 Å². The van der Waals surface area contributed by atoms with Gasteiger partial charge >= 0.3 is 0 Å². The molecule has 1 aromatic heterocycles. The van der Waals surface area contributed by atoms with Crippen LogP contribution in [-0.2, 0) is 11.4 Å². The van der Waals surface area contributed by atoms with Crippen molar-refractivity contribution >= 4 is 38.6 Å². The summed E-state index contributed by atoms with van der Waals surface area (Å²) in [5.41, 5.74) is 0. The highest BCUT2D eigenvalue weighted by Gasteiger charge is 1.98. The Bertz CT molecular complexity index is 250. The number of thiazole rings is 1. The molecule has 0 aliphatic heterocycles. The second-order valence-electron chi connectivity index (χ2n) is 1.22. The summed E-state index contributed by atoms with van der Waals surface area (Å²) >= 11 is 1.62. The minimum atomic E-state index is -2.53. The van der Waals surface area contributed by atoms with E-state index in [1.165, 1.54) is 0 Å². The third-order valence-corrected chi connectivity index (χ3v) is 2.42. The van der Waals surface area contributed by atoms with Gasteiger partial charge in [-0.25, -0.2) is 4.21 Å². The molecule has 1 atom stereocenters. The van der Waals surface area contributed by atoms with Gasteiger partial charge in [-0.1, -0.05) is 11.3 Å². The van der Waals surface area contributed by atoms with Crippen molar-refractivity contribution in [3.05, 3.63) is 9.98 Å². The summed E-state index contributed by atoms with van der Waals surface area (Å²) in [4.78, 5) is 3.67. The van der Waals surface area contributed by atoms with Crippen LogP contribution in [-0.4, -0.2) is 13.7 Å². The zero-order valence-corrected chi connectivity index (χ0v) is 7.66. The van der Waals surface area contributed by atoms with Gasteiger partial charge in [0, 0.05) is 5.38 Å². The maximum Gasteiger partial charge on any atom is 0.288 e. The smallest absolute Gasteiger partial charge is 0.288 e. The zero-order chi connectivity index (χ0) is 7.56. The van der Waals surface area contributed by atoms with Crippen LogP contribution in [0.1, 0.15) is 0 Å². The van der Waals surface area contributed by atoms with Crippen molar-refractivity contribution in [3.8, 4) is 5.19 Å². The molecule has 1 unspecified atom stereocenters. The normalized spacial score (nSPS) is 13.0. The lowest BCUT2D eigenvalue weighted by molar-refractivity contribution is 0.439. The highest BCUT2D eigenvalue weighted by atomic mass is 79.9. The fourth-order valence-electron chi connectivity index (χ4n) is 0.335. The van der Waals surface area contributed by atoms with Crippen molar-refractivity contribution in [2.24, 2.45) is 0 Å². The molecule has 0 N–H and O–H groups in total. The number of hydrogen-bond acceptors (Lipinski definition) is 5. The minimum absolute atomic E-state index is 0.111. The SMILES string of the molecule is O=S([O-])Oc1nc(Br)cs1. The zero-order valence-electron chi connectivity index (χ0n) is 4.44. The summed E-state index contributed by atoms with van der Waals surface area (Å²) in [5, 5.41) is 1.74. The van der Waals surface area contributed by atoms with Gasteiger partial charge in [-0.2, -0.15) is 4.98 Å². The van der Waals surface area contributed by atoms with E-state index in [0.717, 1.165) is 11.3 Å². The maximum atomic E-state index is 9.91. The largest absolute Gasteiger partial charge is 0.740 e. The van der Waals surface area contributed by atoms with Gasteiger partial charge in [0.2, 0.25) is 0 Å². The molecule has 0 radical (unpaired) electrons. The average Bonchev–Trinajstić information content (AvgIpc) is 2.13. The highest BCUT2D eigenvalue weighted by Crippen LogP contribution is 2.21. The van der Waals surface area contributed by atoms with Crippen molar-refractivity contribution in [1.82, 2.24) is 4.98 Å². The molecule has 0 fully saturated rings. The first-order valence-electron chi connectivity index (χ1n) is 2.07. The molecule has 0 spiro atoms. The van der Waals surface area contributed by atoms with Gasteiger partial charge in [-0.3, -0.25) is 0 Å². The van der Waals surface area contributed by atoms with E-state index in [2.05, 4.69) is 25.1 Å². The third kappa shape index (κ3) is 2.33. The standard InChI is InChI=1S/C3H2BrNO3S2/c4-2-1-9-3(5-2)8-10(6)7/h1H,(H,6,7)/p-1. The quantitative estimate of drug-likeness (QED) is 0.729. The summed E-state index contributed by atoms with van der Waals surface area (Å²) in [6.45, 7) is 0. The summed E-state index contributed by atoms with van der Waals surface area (Å²) in [7, 11) is 0. The average molecular weight is 243 g/mol. The predicted octanol–water partition coefficient (Wildman–Crippen LogP) is 1.08. The van der Waals surface area contributed by atoms with Crippen LogP contribution in [0.5, 0.6) is 5.19 Å². The summed E-state index contributed by atoms with van der Waals surface area (Å²) in [5.74, 6) is 0. The monoisotopic (exact) mass is 242 g/mol. The van der Waals surface area contributed by atoms with Crippen molar-refractivity contribution in [3.63, 3.8) is 0 Å². The molecule has 0 saturated carbocycles. The number of aromatic nitrogens is 1. The molecule has 56 valence electrons. The number of halogens is 1. The molecule has 0 aliphatic rings. The van der Waals surface area contributed by atoms with E-state index in [1.807, 2.05) is 0 Å². The van der Waals surface area contributed by atoms with E-state index < -0.39 is 11.4 Å². The Labute approximate surface area is 71.9 Å². The van der Waals surface area contributed by atoms with E-state index in [4.69, 9.17) is 0 Å². The first-order chi connectivity index (χ1) is 4.68. The van der Waals surface area contributed by atoms with Crippen LogP contribution in [0.2, 0.25) is 0 Å². The fourth-order valence-corrected chi connectivity index (χ4v) is 1.77. The van der Waals surface area contributed by atoms with Gasteiger partial charge in [-0.15, -0.1) is 0 Å². The fraction of sp³-hybridized carbons (Fsp3) is 0. The molecule has 0 saturated heterocycles. The first-order valence-corrected chi connectivity index (χ1v) is 4.74. The topological polar surface area (TPSA) is 62.2 Å². The number of nitrogens with zero attached hydrogens (tertiary/aromatic N) is 1. The predicted molar refractivity (Wildman–Crippen MR) is 39.4 cm³/mol. The molecule has 0 aliphatic carbocycles. The van der Waals surface area contributed by atoms with Gasteiger partial charge in [0.25, 0.3) is 5.19 Å². The first kappa shape index (κ1) is 8.12. The Morgan fingerprint density at radius 1 is 1.90 bits per heavy atom. The Kier molecular flexibility index (Phi) is 2.78. The Morgan fingerprint density at radius 2 is 2.60 bits per heavy atom. The van der Waals surface area contributed by atoms with Crippen molar-refractivity contribution < 1.29 is 12.9 Å². The van der Waals surface area contributed by atoms with Gasteiger partial charge in [0.15, 0.2) is 0 Å². The van der Waals surface area contributed by atoms with Crippen LogP contribution in [0.25, 0.3) is 0 Å². The molecule has 0 bridgehead atoms. The molecule has 0 aromatic carbocycles. The lowest BCUT2D eigenvalue weighted by Gasteiger charge is -2.00. The highest BCUT2D eigenvalue weighted by molar-refractivity contribution is 9.10. The molecular weight excluding hydrogens is 242 g/mol. The Morgan fingerprint density at radius 3 is 3.00 bits per heavy atom. The number of rotatable bonds is 2. The number of hydrogen-bond donors (Lipinski definition) is 0.